The summed E-state index contributed by atoms with van der Waals surface area (Å²) in [7, 11) is 0. The van der Waals surface area contributed by atoms with Gasteiger partial charge in [0, 0.05) is 10.0 Å². The van der Waals surface area contributed by atoms with Crippen LogP contribution in [-0.2, 0) is 15.1 Å². The zero-order valence-corrected chi connectivity index (χ0v) is 12.3. The summed E-state index contributed by atoms with van der Waals surface area (Å²) in [5.41, 5.74) is 2.74. The fraction of sp³-hybridized carbons (Fsp3) is 0.333. The molecule has 0 saturated heterocycles. The van der Waals surface area contributed by atoms with E-state index in [-0.39, 0.29) is 6.61 Å². The van der Waals surface area contributed by atoms with Gasteiger partial charge in [-0.15, -0.1) is 0 Å². The van der Waals surface area contributed by atoms with Gasteiger partial charge < -0.3 is 15.4 Å². The molecule has 0 bridgehead atoms. The molecule has 9 heteroatoms. The molecule has 1 rings (SSSR count). The van der Waals surface area contributed by atoms with Crippen molar-refractivity contribution in [2.24, 2.45) is 0 Å². The SMILES string of the molecule is CCOC(=O)C(=[N+]=[N-])[C@@](O)(c1ccc(Br)cc1)C(F)(F)F. The van der Waals surface area contributed by atoms with Gasteiger partial charge in [-0.1, -0.05) is 28.1 Å². The van der Waals surface area contributed by atoms with E-state index in [2.05, 4.69) is 25.5 Å². The highest BCUT2D eigenvalue weighted by Gasteiger charge is 2.66. The van der Waals surface area contributed by atoms with E-state index in [0.717, 1.165) is 12.1 Å². The average molecular weight is 367 g/mol. The molecule has 0 unspecified atom stereocenters. The van der Waals surface area contributed by atoms with Crippen LogP contribution >= 0.6 is 15.9 Å². The summed E-state index contributed by atoms with van der Waals surface area (Å²) in [6, 6.07) is 4.38. The van der Waals surface area contributed by atoms with E-state index >= 15 is 0 Å². The van der Waals surface area contributed by atoms with Gasteiger partial charge in [-0.25, -0.2) is 4.79 Å². The first-order valence-electron chi connectivity index (χ1n) is 5.63. The number of halogens is 4. The first kappa shape index (κ1) is 17.4. The third kappa shape index (κ3) is 3.31. The maximum absolute atomic E-state index is 13.3. The van der Waals surface area contributed by atoms with Crippen LogP contribution in [-0.4, -0.2) is 34.4 Å². The van der Waals surface area contributed by atoms with Gasteiger partial charge >= 0.3 is 17.9 Å². The van der Waals surface area contributed by atoms with Gasteiger partial charge in [0.2, 0.25) is 0 Å². The number of nitrogens with zero attached hydrogens (tertiary/aromatic N) is 2. The van der Waals surface area contributed by atoms with Crippen molar-refractivity contribution in [1.82, 2.24) is 0 Å². The zero-order chi connectivity index (χ0) is 16.3. The van der Waals surface area contributed by atoms with Crippen molar-refractivity contribution in [2.45, 2.75) is 18.7 Å². The van der Waals surface area contributed by atoms with E-state index in [9.17, 15) is 23.1 Å². The number of esters is 1. The summed E-state index contributed by atoms with van der Waals surface area (Å²) in [5.74, 6) is -1.57. The Bertz CT molecular complexity index is 582. The molecule has 0 aliphatic heterocycles. The Morgan fingerprint density at radius 2 is 1.90 bits per heavy atom. The Morgan fingerprint density at radius 1 is 1.38 bits per heavy atom. The maximum Gasteiger partial charge on any atom is 0.433 e. The molecule has 0 fully saturated rings. The molecule has 1 aromatic rings. The molecule has 1 aromatic carbocycles. The molecule has 1 atom stereocenters. The van der Waals surface area contributed by atoms with Gasteiger partial charge in [0.05, 0.1) is 6.61 Å². The maximum atomic E-state index is 13.3. The fourth-order valence-electron chi connectivity index (χ4n) is 1.59. The van der Waals surface area contributed by atoms with Crippen molar-refractivity contribution < 1.29 is 32.6 Å². The number of ether oxygens (including phenoxy) is 1. The van der Waals surface area contributed by atoms with E-state index in [1.807, 2.05) is 0 Å². The molecule has 0 aliphatic carbocycles. The van der Waals surface area contributed by atoms with Crippen molar-refractivity contribution in [2.75, 3.05) is 6.61 Å². The summed E-state index contributed by atoms with van der Waals surface area (Å²) in [4.78, 5) is 13.8. The third-order valence-electron chi connectivity index (χ3n) is 2.58. The van der Waals surface area contributed by atoms with E-state index < -0.39 is 29.0 Å². The second-order valence-electron chi connectivity index (χ2n) is 3.88. The Hall–Kier alpha value is -1.70. The monoisotopic (exact) mass is 366 g/mol. The molecule has 0 spiro atoms. The highest BCUT2D eigenvalue weighted by Crippen LogP contribution is 2.40. The molecular weight excluding hydrogens is 357 g/mol. The highest BCUT2D eigenvalue weighted by molar-refractivity contribution is 9.10. The third-order valence-corrected chi connectivity index (χ3v) is 3.11. The summed E-state index contributed by atoms with van der Waals surface area (Å²) in [6.45, 7) is 1.12. The van der Waals surface area contributed by atoms with Gasteiger partial charge in [0.15, 0.2) is 0 Å². The lowest BCUT2D eigenvalue weighted by molar-refractivity contribution is -0.247. The Balaban J connectivity index is 3.51. The molecule has 1 N–H and O–H groups in total. The lowest BCUT2D eigenvalue weighted by atomic mass is 9.88. The van der Waals surface area contributed by atoms with Crippen LogP contribution in [0.4, 0.5) is 13.2 Å². The molecule has 114 valence electrons. The molecule has 0 heterocycles. The second kappa shape index (κ2) is 6.38. The predicted molar refractivity (Wildman–Crippen MR) is 69.4 cm³/mol. The standard InChI is InChI=1S/C12H10BrF3N2O3/c1-2-21-10(19)9(18-17)11(20,12(14,15)16)7-3-5-8(13)6-4-7/h3-6,20H,2H2,1H3/t11-/m0/s1. The van der Waals surface area contributed by atoms with Crippen LogP contribution in [0.1, 0.15) is 12.5 Å². The molecule has 0 aromatic heterocycles. The number of alkyl halides is 3. The number of aliphatic hydroxyl groups is 1. The topological polar surface area (TPSA) is 82.9 Å². The van der Waals surface area contributed by atoms with Crippen LogP contribution in [0.5, 0.6) is 0 Å². The molecule has 21 heavy (non-hydrogen) atoms. The normalized spacial score (nSPS) is 14.0. The van der Waals surface area contributed by atoms with Crippen LogP contribution in [0.3, 0.4) is 0 Å². The highest BCUT2D eigenvalue weighted by atomic mass is 79.9. The molecule has 0 aliphatic rings. The van der Waals surface area contributed by atoms with Crippen LogP contribution in [0.15, 0.2) is 28.7 Å². The average Bonchev–Trinajstić information content (AvgIpc) is 2.39. The Labute approximate surface area is 126 Å². The van der Waals surface area contributed by atoms with Crippen molar-refractivity contribution >= 4 is 27.6 Å². The first-order valence-corrected chi connectivity index (χ1v) is 6.42. The van der Waals surface area contributed by atoms with Gasteiger partial charge in [-0.3, -0.25) is 0 Å². The second-order valence-corrected chi connectivity index (χ2v) is 4.80. The number of carbonyl (C=O) groups is 1. The Morgan fingerprint density at radius 3 is 2.29 bits per heavy atom. The largest absolute Gasteiger partial charge is 0.457 e. The lowest BCUT2D eigenvalue weighted by Crippen LogP contribution is -2.53. The summed E-state index contributed by atoms with van der Waals surface area (Å²) < 4.78 is 44.7. The number of carbonyl (C=O) groups excluding carboxylic acids is 1. The minimum atomic E-state index is -5.30. The fourth-order valence-corrected chi connectivity index (χ4v) is 1.85. The quantitative estimate of drug-likeness (QED) is 0.384. The summed E-state index contributed by atoms with van der Waals surface area (Å²) >= 11 is 3.04. The Kier molecular flexibility index (Phi) is 5.27. The van der Waals surface area contributed by atoms with Crippen LogP contribution in [0.25, 0.3) is 5.53 Å². The number of hydrogen-bond donors (Lipinski definition) is 1. The number of rotatable bonds is 4. The van der Waals surface area contributed by atoms with Gasteiger partial charge in [-0.2, -0.15) is 18.0 Å². The van der Waals surface area contributed by atoms with Crippen LogP contribution < -0.4 is 0 Å². The van der Waals surface area contributed by atoms with Gasteiger partial charge in [0.1, 0.15) is 0 Å². The minimum absolute atomic E-state index is 0.244. The van der Waals surface area contributed by atoms with Crippen molar-refractivity contribution in [3.8, 4) is 0 Å². The van der Waals surface area contributed by atoms with E-state index in [1.165, 1.54) is 19.1 Å². The summed E-state index contributed by atoms with van der Waals surface area (Å²) in [6.07, 6.45) is -5.30. The first-order chi connectivity index (χ1) is 9.68. The van der Waals surface area contributed by atoms with Crippen molar-refractivity contribution in [3.05, 3.63) is 39.8 Å². The van der Waals surface area contributed by atoms with E-state index in [1.54, 1.807) is 0 Å². The van der Waals surface area contributed by atoms with Crippen LogP contribution in [0.2, 0.25) is 0 Å². The van der Waals surface area contributed by atoms with Gasteiger partial charge in [-0.05, 0) is 19.1 Å². The van der Waals surface area contributed by atoms with Crippen molar-refractivity contribution in [1.29, 1.82) is 0 Å². The molecule has 0 radical (unpaired) electrons. The van der Waals surface area contributed by atoms with Crippen LogP contribution in [0, 0.1) is 0 Å². The number of benzene rings is 1. The van der Waals surface area contributed by atoms with E-state index in [4.69, 9.17) is 5.53 Å². The molecular formula is C12H10BrF3N2O3. The molecule has 0 saturated carbocycles. The molecule has 5 nitrogen and oxygen atoms in total. The molecule has 0 amide bonds. The lowest BCUT2D eigenvalue weighted by Gasteiger charge is -2.25. The predicted octanol–water partition coefficient (Wildman–Crippen LogP) is 2.43. The smallest absolute Gasteiger partial charge is 0.433 e. The van der Waals surface area contributed by atoms with E-state index in [0.29, 0.717) is 4.47 Å². The van der Waals surface area contributed by atoms with Crippen molar-refractivity contribution in [3.63, 3.8) is 0 Å². The minimum Gasteiger partial charge on any atom is -0.457 e. The van der Waals surface area contributed by atoms with Gasteiger partial charge in [0.25, 0.3) is 5.60 Å². The zero-order valence-electron chi connectivity index (χ0n) is 10.7. The summed E-state index contributed by atoms with van der Waals surface area (Å²) in [5, 5.41) is 10.0. The number of hydrogen-bond acceptors (Lipinski definition) is 3.